The van der Waals surface area contributed by atoms with Crippen molar-refractivity contribution in [1.29, 1.82) is 0 Å². The van der Waals surface area contributed by atoms with E-state index in [-0.39, 0.29) is 18.7 Å². The molecule has 0 bridgehead atoms. The number of hydrogen-bond acceptors (Lipinski definition) is 5. The van der Waals surface area contributed by atoms with Crippen LogP contribution in [0.3, 0.4) is 0 Å². The molecule has 1 heterocycles. The van der Waals surface area contributed by atoms with E-state index in [0.717, 1.165) is 37.7 Å². The van der Waals surface area contributed by atoms with Crippen LogP contribution in [-0.2, 0) is 20.0 Å². The largest absolute Gasteiger partial charge is 0.352 e. The minimum absolute atomic E-state index is 0.0393. The van der Waals surface area contributed by atoms with Crippen LogP contribution in [0.5, 0.6) is 0 Å². The zero-order chi connectivity index (χ0) is 21.7. The first kappa shape index (κ1) is 23.7. The molecule has 0 aromatic heterocycles. The van der Waals surface area contributed by atoms with Crippen LogP contribution in [0, 0.1) is 5.82 Å². The zero-order valence-corrected chi connectivity index (χ0v) is 18.4. The first-order chi connectivity index (χ1) is 13.6. The number of nitrogens with zero attached hydrogens (tertiary/aromatic N) is 2. The maximum atomic E-state index is 14.2. The second kappa shape index (κ2) is 9.96. The molecule has 1 N–H and O–H groups in total. The molecule has 1 aliphatic rings. The lowest BCUT2D eigenvalue weighted by Crippen LogP contribution is -2.36. The maximum absolute atomic E-state index is 14.2. The summed E-state index contributed by atoms with van der Waals surface area (Å²) in [5.41, 5.74) is 0.0393. The number of carbonyl (C=O) groups is 1. The van der Waals surface area contributed by atoms with Crippen molar-refractivity contribution in [3.05, 3.63) is 29.6 Å². The fourth-order valence-electron chi connectivity index (χ4n) is 3.20. The third-order valence-electron chi connectivity index (χ3n) is 4.82. The lowest BCUT2D eigenvalue weighted by molar-refractivity contribution is 0.0952. The Bertz CT molecular complexity index is 929. The van der Waals surface area contributed by atoms with Crippen molar-refractivity contribution in [2.24, 2.45) is 0 Å². The fourth-order valence-corrected chi connectivity index (χ4v) is 5.74. The molecule has 0 saturated carbocycles. The Labute approximate surface area is 172 Å². The predicted octanol–water partition coefficient (Wildman–Crippen LogP) is 1.40. The molecule has 0 atom stereocenters. The van der Waals surface area contributed by atoms with Gasteiger partial charge in [0.2, 0.25) is 20.0 Å². The minimum Gasteiger partial charge on any atom is -0.352 e. The van der Waals surface area contributed by atoms with Crippen LogP contribution in [0.25, 0.3) is 0 Å². The highest BCUT2D eigenvalue weighted by atomic mass is 32.2. The van der Waals surface area contributed by atoms with E-state index >= 15 is 0 Å². The highest BCUT2D eigenvalue weighted by Gasteiger charge is 2.29. The molecular weight excluding hydrogens is 421 g/mol. The van der Waals surface area contributed by atoms with Gasteiger partial charge in [-0.15, -0.1) is 0 Å². The van der Waals surface area contributed by atoms with Gasteiger partial charge in [0.25, 0.3) is 5.91 Å². The molecule has 1 amide bonds. The van der Waals surface area contributed by atoms with Crippen LogP contribution >= 0.6 is 0 Å². The van der Waals surface area contributed by atoms with Gasteiger partial charge < -0.3 is 5.32 Å². The number of rotatable bonds is 9. The molecule has 11 heteroatoms. The van der Waals surface area contributed by atoms with Crippen molar-refractivity contribution in [3.8, 4) is 0 Å². The van der Waals surface area contributed by atoms with Crippen LogP contribution in [0.15, 0.2) is 23.1 Å². The SMILES string of the molecule is CCN(CCCNC(=O)c1ccc(F)c(S(=O)(=O)N2CCCCC2)c1)S(C)(=O)=O. The number of carbonyl (C=O) groups excluding carboxylic acids is 1. The topological polar surface area (TPSA) is 104 Å². The highest BCUT2D eigenvalue weighted by molar-refractivity contribution is 7.89. The molecule has 1 saturated heterocycles. The highest BCUT2D eigenvalue weighted by Crippen LogP contribution is 2.24. The molecule has 0 spiro atoms. The Hall–Kier alpha value is -1.56. The van der Waals surface area contributed by atoms with Crippen LogP contribution in [0.2, 0.25) is 0 Å². The number of nitrogens with one attached hydrogen (secondary N) is 1. The monoisotopic (exact) mass is 449 g/mol. The number of sulfonamides is 2. The number of hydrogen-bond donors (Lipinski definition) is 1. The third-order valence-corrected chi connectivity index (χ3v) is 8.11. The van der Waals surface area contributed by atoms with E-state index in [2.05, 4.69) is 5.32 Å². The Morgan fingerprint density at radius 3 is 2.41 bits per heavy atom. The molecule has 29 heavy (non-hydrogen) atoms. The molecule has 1 aliphatic heterocycles. The first-order valence-corrected chi connectivity index (χ1v) is 12.9. The molecule has 1 fully saturated rings. The lowest BCUT2D eigenvalue weighted by atomic mass is 10.2. The average molecular weight is 450 g/mol. The molecule has 164 valence electrons. The Kier molecular flexibility index (Phi) is 8.15. The molecule has 8 nitrogen and oxygen atoms in total. The summed E-state index contributed by atoms with van der Waals surface area (Å²) in [6, 6.07) is 3.27. The van der Waals surface area contributed by atoms with Crippen molar-refractivity contribution >= 4 is 26.0 Å². The molecule has 0 unspecified atom stereocenters. The van der Waals surface area contributed by atoms with Gasteiger partial charge >= 0.3 is 0 Å². The van der Waals surface area contributed by atoms with E-state index in [1.54, 1.807) is 6.92 Å². The molecular formula is C18H28FN3O5S2. The van der Waals surface area contributed by atoms with E-state index in [1.807, 2.05) is 0 Å². The Balaban J connectivity index is 2.04. The summed E-state index contributed by atoms with van der Waals surface area (Å²) in [5, 5.41) is 2.62. The number of halogens is 1. The summed E-state index contributed by atoms with van der Waals surface area (Å²) in [7, 11) is -7.30. The second-order valence-electron chi connectivity index (χ2n) is 6.97. The average Bonchev–Trinajstić information content (AvgIpc) is 2.67. The van der Waals surface area contributed by atoms with Gasteiger partial charge in [0.05, 0.1) is 6.26 Å². The fraction of sp³-hybridized carbons (Fsp3) is 0.611. The van der Waals surface area contributed by atoms with Crippen LogP contribution in [0.4, 0.5) is 4.39 Å². The third kappa shape index (κ3) is 6.21. The van der Waals surface area contributed by atoms with Gasteiger partial charge in [-0.05, 0) is 37.5 Å². The van der Waals surface area contributed by atoms with E-state index in [9.17, 15) is 26.0 Å². The predicted molar refractivity (Wildman–Crippen MR) is 108 cm³/mol. The molecule has 1 aromatic rings. The summed E-state index contributed by atoms with van der Waals surface area (Å²) in [6.07, 6.45) is 3.91. The summed E-state index contributed by atoms with van der Waals surface area (Å²) in [6.45, 7) is 3.20. The normalized spacial score (nSPS) is 16.1. The van der Waals surface area contributed by atoms with Gasteiger partial charge in [0.15, 0.2) is 0 Å². The van der Waals surface area contributed by atoms with Gasteiger partial charge in [0.1, 0.15) is 10.7 Å². The van der Waals surface area contributed by atoms with E-state index in [4.69, 9.17) is 0 Å². The minimum atomic E-state index is -4.00. The van der Waals surface area contributed by atoms with Crippen molar-refractivity contribution in [2.45, 2.75) is 37.5 Å². The molecule has 2 rings (SSSR count). The number of benzene rings is 1. The van der Waals surface area contributed by atoms with E-state index in [0.29, 0.717) is 26.1 Å². The molecule has 1 aromatic carbocycles. The second-order valence-corrected chi connectivity index (χ2v) is 10.9. The smallest absolute Gasteiger partial charge is 0.251 e. The van der Waals surface area contributed by atoms with Crippen molar-refractivity contribution in [3.63, 3.8) is 0 Å². The van der Waals surface area contributed by atoms with Gasteiger partial charge in [0, 0.05) is 38.3 Å². The van der Waals surface area contributed by atoms with E-state index < -0.39 is 36.7 Å². The molecule has 0 aliphatic carbocycles. The maximum Gasteiger partial charge on any atom is 0.251 e. The molecule has 0 radical (unpaired) electrons. The first-order valence-electron chi connectivity index (χ1n) is 9.60. The van der Waals surface area contributed by atoms with Gasteiger partial charge in [-0.3, -0.25) is 4.79 Å². The van der Waals surface area contributed by atoms with Crippen molar-refractivity contribution in [2.75, 3.05) is 39.0 Å². The summed E-state index contributed by atoms with van der Waals surface area (Å²) in [4.78, 5) is 11.8. The van der Waals surface area contributed by atoms with Gasteiger partial charge in [-0.25, -0.2) is 25.5 Å². The Morgan fingerprint density at radius 2 is 1.83 bits per heavy atom. The van der Waals surface area contributed by atoms with Crippen LogP contribution in [-0.4, -0.2) is 70.3 Å². The van der Waals surface area contributed by atoms with Gasteiger partial charge in [-0.2, -0.15) is 4.31 Å². The van der Waals surface area contributed by atoms with Crippen molar-refractivity contribution < 1.29 is 26.0 Å². The van der Waals surface area contributed by atoms with Gasteiger partial charge in [-0.1, -0.05) is 13.3 Å². The Morgan fingerprint density at radius 1 is 1.17 bits per heavy atom. The number of piperidine rings is 1. The summed E-state index contributed by atoms with van der Waals surface area (Å²) in [5.74, 6) is -1.43. The quantitative estimate of drug-likeness (QED) is 0.574. The van der Waals surface area contributed by atoms with Crippen LogP contribution < -0.4 is 5.32 Å². The lowest BCUT2D eigenvalue weighted by Gasteiger charge is -2.26. The summed E-state index contributed by atoms with van der Waals surface area (Å²) >= 11 is 0. The van der Waals surface area contributed by atoms with E-state index in [1.165, 1.54) is 14.7 Å². The zero-order valence-electron chi connectivity index (χ0n) is 16.7. The standard InChI is InChI=1S/C18H28FN3O5S2/c1-3-21(28(2,24)25)13-7-10-20-18(23)15-8-9-16(19)17(14-15)29(26,27)22-11-5-4-6-12-22/h8-9,14H,3-7,10-13H2,1-2H3,(H,20,23). The van der Waals surface area contributed by atoms with Crippen LogP contribution in [0.1, 0.15) is 43.0 Å². The van der Waals surface area contributed by atoms with Crippen molar-refractivity contribution in [1.82, 2.24) is 13.9 Å². The summed E-state index contributed by atoms with van der Waals surface area (Å²) < 4.78 is 65.3. The number of amides is 1.